The molecule has 3 heterocycles. The SMILES string of the molecule is CC(=O)c1cn(CC(=O)N2CC(F)CC2C(=O)NCc2cccc(Cl)c2F)c2cc(OC(=O)NCCc3nn[nH]n3)ccc12. The van der Waals surface area contributed by atoms with Crippen molar-refractivity contribution >= 4 is 46.2 Å². The Labute approximate surface area is 253 Å². The lowest BCUT2D eigenvalue weighted by Crippen LogP contribution is -2.46. The van der Waals surface area contributed by atoms with Crippen molar-refractivity contribution in [2.45, 2.75) is 45.1 Å². The number of nitrogens with zero attached hydrogens (tertiary/aromatic N) is 5. The molecule has 2 atom stereocenters. The number of carbonyl (C=O) groups is 4. The lowest BCUT2D eigenvalue weighted by atomic mass is 10.1. The van der Waals surface area contributed by atoms with Gasteiger partial charge in [-0.25, -0.2) is 13.6 Å². The van der Waals surface area contributed by atoms with Crippen LogP contribution in [0.1, 0.15) is 35.1 Å². The summed E-state index contributed by atoms with van der Waals surface area (Å²) in [5.74, 6) is -1.59. The van der Waals surface area contributed by atoms with Crippen molar-refractivity contribution in [3.05, 3.63) is 70.4 Å². The zero-order chi connectivity index (χ0) is 31.4. The molecule has 13 nitrogen and oxygen atoms in total. The average molecular weight is 629 g/mol. The Balaban J connectivity index is 1.29. The molecule has 4 aromatic rings. The maximum atomic E-state index is 14.5. The molecule has 2 aromatic heterocycles. The molecule has 16 heteroatoms. The number of rotatable bonds is 10. The van der Waals surface area contributed by atoms with Gasteiger partial charge in [-0.15, -0.1) is 10.2 Å². The third kappa shape index (κ3) is 6.83. The van der Waals surface area contributed by atoms with Crippen LogP contribution in [0.3, 0.4) is 0 Å². The van der Waals surface area contributed by atoms with Crippen LogP contribution in [0.15, 0.2) is 42.6 Å². The minimum Gasteiger partial charge on any atom is -0.410 e. The lowest BCUT2D eigenvalue weighted by Gasteiger charge is -2.24. The molecule has 0 saturated carbocycles. The van der Waals surface area contributed by atoms with Crippen molar-refractivity contribution in [2.24, 2.45) is 0 Å². The van der Waals surface area contributed by atoms with Gasteiger partial charge in [0.2, 0.25) is 11.8 Å². The molecule has 44 heavy (non-hydrogen) atoms. The first-order valence-corrected chi connectivity index (χ1v) is 13.9. The Kier molecular flexibility index (Phi) is 9.13. The van der Waals surface area contributed by atoms with Gasteiger partial charge in [-0.3, -0.25) is 14.4 Å². The number of ketones is 1. The van der Waals surface area contributed by atoms with E-state index in [2.05, 4.69) is 31.3 Å². The molecule has 0 radical (unpaired) electrons. The van der Waals surface area contributed by atoms with Gasteiger partial charge in [0, 0.05) is 54.7 Å². The summed E-state index contributed by atoms with van der Waals surface area (Å²) in [5, 5.41) is 18.9. The summed E-state index contributed by atoms with van der Waals surface area (Å²) in [6.07, 6.45) is -0.596. The van der Waals surface area contributed by atoms with Crippen molar-refractivity contribution < 1.29 is 32.7 Å². The Morgan fingerprint density at radius 2 is 2.00 bits per heavy atom. The first kappa shape index (κ1) is 30.5. The van der Waals surface area contributed by atoms with Crippen LogP contribution >= 0.6 is 11.6 Å². The molecule has 5 rings (SSSR count). The Morgan fingerprint density at radius 3 is 2.75 bits per heavy atom. The number of fused-ring (bicyclic) bond motifs is 1. The van der Waals surface area contributed by atoms with E-state index < -0.39 is 35.9 Å². The van der Waals surface area contributed by atoms with Gasteiger partial charge < -0.3 is 24.8 Å². The van der Waals surface area contributed by atoms with E-state index in [9.17, 15) is 28.0 Å². The van der Waals surface area contributed by atoms with Crippen LogP contribution in [0.25, 0.3) is 10.9 Å². The van der Waals surface area contributed by atoms with Gasteiger partial charge in [0.15, 0.2) is 11.6 Å². The molecule has 1 saturated heterocycles. The van der Waals surface area contributed by atoms with E-state index in [1.165, 1.54) is 48.0 Å². The summed E-state index contributed by atoms with van der Waals surface area (Å²) in [4.78, 5) is 52.2. The summed E-state index contributed by atoms with van der Waals surface area (Å²) >= 11 is 5.80. The van der Waals surface area contributed by atoms with E-state index in [4.69, 9.17) is 16.3 Å². The first-order chi connectivity index (χ1) is 21.1. The molecule has 0 aliphatic carbocycles. The quantitative estimate of drug-likeness (QED) is 0.226. The number of likely N-dealkylation sites (tertiary alicyclic amines) is 1. The number of hydrogen-bond donors (Lipinski definition) is 3. The summed E-state index contributed by atoms with van der Waals surface area (Å²) in [7, 11) is 0. The van der Waals surface area contributed by atoms with E-state index in [-0.39, 0.29) is 54.7 Å². The molecule has 3 N–H and O–H groups in total. The molecule has 2 unspecified atom stereocenters. The number of aromatic amines is 1. The van der Waals surface area contributed by atoms with Crippen molar-refractivity contribution in [3.63, 3.8) is 0 Å². The van der Waals surface area contributed by atoms with Crippen LogP contribution < -0.4 is 15.4 Å². The second kappa shape index (κ2) is 13.2. The number of amides is 3. The fraction of sp³-hybridized carbons (Fsp3) is 0.321. The highest BCUT2D eigenvalue weighted by Crippen LogP contribution is 2.28. The van der Waals surface area contributed by atoms with Gasteiger partial charge in [-0.05, 0) is 25.1 Å². The smallest absolute Gasteiger partial charge is 0.410 e. The molecule has 1 fully saturated rings. The van der Waals surface area contributed by atoms with Gasteiger partial charge in [0.05, 0.1) is 17.1 Å². The highest BCUT2D eigenvalue weighted by molar-refractivity contribution is 6.30. The fourth-order valence-electron chi connectivity index (χ4n) is 4.99. The van der Waals surface area contributed by atoms with Crippen LogP contribution in [0, 0.1) is 5.82 Å². The number of H-pyrrole nitrogens is 1. The number of tetrazole rings is 1. The molecule has 2 aromatic carbocycles. The highest BCUT2D eigenvalue weighted by atomic mass is 35.5. The zero-order valence-corrected chi connectivity index (χ0v) is 24.1. The number of halogens is 3. The third-order valence-corrected chi connectivity index (χ3v) is 7.41. The summed E-state index contributed by atoms with van der Waals surface area (Å²) in [6, 6.07) is 7.85. The van der Waals surface area contributed by atoms with Crippen molar-refractivity contribution in [2.75, 3.05) is 13.1 Å². The monoisotopic (exact) mass is 628 g/mol. The Hall–Kier alpha value is -4.92. The van der Waals surface area contributed by atoms with E-state index in [1.807, 2.05) is 0 Å². The average Bonchev–Trinajstić information content (AvgIpc) is 3.73. The molecule has 1 aliphatic heterocycles. The van der Waals surface area contributed by atoms with Gasteiger partial charge in [0.1, 0.15) is 30.3 Å². The molecular weight excluding hydrogens is 602 g/mol. The number of carbonyl (C=O) groups excluding carboxylic acids is 4. The minimum absolute atomic E-state index is 0.100. The Bertz CT molecular complexity index is 1710. The summed E-state index contributed by atoms with van der Waals surface area (Å²) in [5.41, 5.74) is 0.883. The number of Topliss-reactive ketones (excluding diaryl/α,β-unsaturated/α-hetero) is 1. The van der Waals surface area contributed by atoms with Crippen LogP contribution in [0.4, 0.5) is 13.6 Å². The lowest BCUT2D eigenvalue weighted by molar-refractivity contribution is -0.139. The predicted molar refractivity (Wildman–Crippen MR) is 152 cm³/mol. The van der Waals surface area contributed by atoms with E-state index in [0.717, 1.165) is 4.90 Å². The number of benzene rings is 2. The van der Waals surface area contributed by atoms with Gasteiger partial charge in [-0.1, -0.05) is 28.9 Å². The number of hydrogen-bond acceptors (Lipinski definition) is 8. The first-order valence-electron chi connectivity index (χ1n) is 13.6. The van der Waals surface area contributed by atoms with Crippen molar-refractivity contribution in [1.29, 1.82) is 0 Å². The maximum Gasteiger partial charge on any atom is 0.412 e. The number of alkyl halides is 1. The largest absolute Gasteiger partial charge is 0.412 e. The fourth-order valence-corrected chi connectivity index (χ4v) is 5.18. The molecule has 0 bridgehead atoms. The molecule has 0 spiro atoms. The second-order valence-corrected chi connectivity index (χ2v) is 10.5. The zero-order valence-electron chi connectivity index (χ0n) is 23.3. The number of aromatic nitrogens is 5. The molecule has 230 valence electrons. The van der Waals surface area contributed by atoms with Crippen LogP contribution in [-0.4, -0.2) is 79.1 Å². The topological polar surface area (TPSA) is 164 Å². The third-order valence-electron chi connectivity index (χ3n) is 7.11. The van der Waals surface area contributed by atoms with E-state index in [0.29, 0.717) is 28.7 Å². The van der Waals surface area contributed by atoms with Crippen LogP contribution in [0.5, 0.6) is 5.75 Å². The highest BCUT2D eigenvalue weighted by Gasteiger charge is 2.39. The van der Waals surface area contributed by atoms with Gasteiger partial charge >= 0.3 is 6.09 Å². The van der Waals surface area contributed by atoms with Crippen LogP contribution in [-0.2, 0) is 29.1 Å². The molecule has 1 aliphatic rings. The van der Waals surface area contributed by atoms with Crippen LogP contribution in [0.2, 0.25) is 5.02 Å². The normalized spacial score (nSPS) is 16.2. The second-order valence-electron chi connectivity index (χ2n) is 10.1. The summed E-state index contributed by atoms with van der Waals surface area (Å²) < 4.78 is 35.6. The van der Waals surface area contributed by atoms with Crippen molar-refractivity contribution in [1.82, 2.24) is 40.7 Å². The number of nitrogens with one attached hydrogen (secondary N) is 3. The van der Waals surface area contributed by atoms with Gasteiger partial charge in [-0.2, -0.15) is 5.21 Å². The number of ether oxygens (including phenoxy) is 1. The van der Waals surface area contributed by atoms with E-state index >= 15 is 0 Å². The minimum atomic E-state index is -1.44. The standard InChI is InChI=1S/C28H27ClF2N8O5/c1-15(40)20-13-38(22-10-18(5-6-19(20)22)44-28(43)32-8-7-24-34-36-37-35-24)14-25(41)39-12-17(30)9-23(39)27(42)33-11-16-3-2-4-21(29)26(16)31/h2-6,10,13,17,23H,7-9,11-12,14H2,1H3,(H,32,43)(H,33,42)(H,34,35,36,37). The predicted octanol–water partition coefficient (Wildman–Crippen LogP) is 2.74. The molecule has 3 amide bonds. The van der Waals surface area contributed by atoms with Crippen molar-refractivity contribution in [3.8, 4) is 5.75 Å². The molecular formula is C28H27ClF2N8O5. The Morgan fingerprint density at radius 1 is 1.18 bits per heavy atom. The maximum absolute atomic E-state index is 14.5. The van der Waals surface area contributed by atoms with E-state index in [1.54, 1.807) is 6.07 Å². The van der Waals surface area contributed by atoms with Gasteiger partial charge in [0.25, 0.3) is 0 Å². The summed E-state index contributed by atoms with van der Waals surface area (Å²) in [6.45, 7) is 0.732.